The van der Waals surface area contributed by atoms with E-state index in [1.165, 1.54) is 5.69 Å². The molecule has 0 aromatic heterocycles. The zero-order valence-electron chi connectivity index (χ0n) is 18.8. The van der Waals surface area contributed by atoms with Crippen LogP contribution < -0.4 is 20.3 Å². The van der Waals surface area contributed by atoms with Crippen LogP contribution in [0.15, 0.2) is 54.6 Å². The smallest absolute Gasteiger partial charge is 0.319 e. The van der Waals surface area contributed by atoms with Crippen LogP contribution in [0.1, 0.15) is 0 Å². The van der Waals surface area contributed by atoms with Gasteiger partial charge in [0, 0.05) is 44.1 Å². The highest BCUT2D eigenvalue weighted by Gasteiger charge is 2.46. The molecule has 0 bridgehead atoms. The van der Waals surface area contributed by atoms with Crippen LogP contribution in [0.25, 0.3) is 0 Å². The van der Waals surface area contributed by atoms with Crippen molar-refractivity contribution in [2.45, 2.75) is 24.4 Å². The number of benzene rings is 2. The van der Waals surface area contributed by atoms with Crippen LogP contribution >= 0.6 is 0 Å². The Hall–Kier alpha value is -2.85. The van der Waals surface area contributed by atoms with Crippen LogP contribution in [0, 0.1) is 0 Å². The van der Waals surface area contributed by atoms with Gasteiger partial charge >= 0.3 is 6.03 Å². The second-order valence-corrected chi connectivity index (χ2v) is 8.30. The third-order valence-electron chi connectivity index (χ3n) is 6.31. The molecule has 4 N–H and O–H groups in total. The summed E-state index contributed by atoms with van der Waals surface area (Å²) in [5.41, 5.74) is 1.82. The van der Waals surface area contributed by atoms with Crippen LogP contribution in [0.5, 0.6) is 5.75 Å². The van der Waals surface area contributed by atoms with Crippen molar-refractivity contribution in [1.82, 2.24) is 10.2 Å². The average molecular weight is 457 g/mol. The van der Waals surface area contributed by atoms with Crippen molar-refractivity contribution in [3.05, 3.63) is 54.6 Å². The fraction of sp³-hybridized carbons (Fsp3) is 0.458. The molecule has 0 spiro atoms. The first-order chi connectivity index (χ1) is 16.1. The number of rotatable bonds is 7. The van der Waals surface area contributed by atoms with Gasteiger partial charge < -0.3 is 35.2 Å². The molecule has 9 nitrogen and oxygen atoms in total. The number of aliphatic hydroxyl groups excluding tert-OH is 2. The third kappa shape index (κ3) is 5.56. The Morgan fingerprint density at radius 3 is 2.39 bits per heavy atom. The molecule has 0 radical (unpaired) electrons. The largest absolute Gasteiger partial charge is 0.497 e. The molecule has 33 heavy (non-hydrogen) atoms. The second kappa shape index (κ2) is 10.8. The first kappa shape index (κ1) is 23.3. The summed E-state index contributed by atoms with van der Waals surface area (Å²) in [6.07, 6.45) is -1.92. The number of hydrogen-bond acceptors (Lipinski definition) is 7. The highest BCUT2D eigenvalue weighted by Crippen LogP contribution is 2.27. The van der Waals surface area contributed by atoms with Crippen molar-refractivity contribution in [3.8, 4) is 5.75 Å². The number of nitrogens with zero attached hydrogens (tertiary/aromatic N) is 2. The normalized spacial score (nSPS) is 25.6. The lowest BCUT2D eigenvalue weighted by molar-refractivity contribution is -0.0205. The van der Waals surface area contributed by atoms with Gasteiger partial charge in [-0.15, -0.1) is 0 Å². The van der Waals surface area contributed by atoms with Gasteiger partial charge in [-0.2, -0.15) is 0 Å². The molecule has 178 valence electrons. The first-order valence-electron chi connectivity index (χ1n) is 11.3. The van der Waals surface area contributed by atoms with Crippen LogP contribution in [0.3, 0.4) is 0 Å². The summed E-state index contributed by atoms with van der Waals surface area (Å²) in [5, 5.41) is 26.1. The van der Waals surface area contributed by atoms with E-state index in [0.717, 1.165) is 26.2 Å². The van der Waals surface area contributed by atoms with E-state index in [9.17, 15) is 15.0 Å². The summed E-state index contributed by atoms with van der Waals surface area (Å²) in [4.78, 5) is 16.9. The summed E-state index contributed by atoms with van der Waals surface area (Å²) in [5.74, 6) is 0.708. The Bertz CT molecular complexity index is 889. The van der Waals surface area contributed by atoms with Gasteiger partial charge in [0.25, 0.3) is 0 Å². The highest BCUT2D eigenvalue weighted by molar-refractivity contribution is 5.89. The average Bonchev–Trinajstić information content (AvgIpc) is 3.19. The lowest BCUT2D eigenvalue weighted by atomic mass is 10.0. The van der Waals surface area contributed by atoms with Crippen LogP contribution in [-0.2, 0) is 4.74 Å². The van der Waals surface area contributed by atoms with E-state index in [1.807, 2.05) is 18.2 Å². The van der Waals surface area contributed by atoms with E-state index in [-0.39, 0.29) is 25.2 Å². The van der Waals surface area contributed by atoms with Crippen molar-refractivity contribution in [2.75, 3.05) is 56.7 Å². The Balaban J connectivity index is 1.33. The van der Waals surface area contributed by atoms with E-state index in [1.54, 1.807) is 31.4 Å². The number of carbonyl (C=O) groups is 1. The number of ether oxygens (including phenoxy) is 2. The van der Waals surface area contributed by atoms with E-state index in [2.05, 4.69) is 32.6 Å². The van der Waals surface area contributed by atoms with Gasteiger partial charge in [-0.25, -0.2) is 4.79 Å². The third-order valence-corrected chi connectivity index (χ3v) is 6.31. The minimum absolute atomic E-state index is 0.221. The molecule has 0 unspecified atom stereocenters. The molecule has 4 rings (SSSR count). The molecule has 4 atom stereocenters. The number of methoxy groups -OCH3 is 1. The van der Waals surface area contributed by atoms with Crippen LogP contribution in [0.2, 0.25) is 0 Å². The summed E-state index contributed by atoms with van der Waals surface area (Å²) >= 11 is 0. The van der Waals surface area contributed by atoms with Crippen molar-refractivity contribution >= 4 is 17.4 Å². The number of aliphatic hydroxyl groups is 2. The quantitative estimate of drug-likeness (QED) is 0.495. The number of hydrogen-bond donors (Lipinski definition) is 4. The zero-order chi connectivity index (χ0) is 23.2. The van der Waals surface area contributed by atoms with E-state index in [4.69, 9.17) is 9.47 Å². The second-order valence-electron chi connectivity index (χ2n) is 8.30. The lowest BCUT2D eigenvalue weighted by Crippen LogP contribution is -2.57. The molecule has 0 aliphatic carbocycles. The maximum atomic E-state index is 12.4. The van der Waals surface area contributed by atoms with E-state index >= 15 is 0 Å². The van der Waals surface area contributed by atoms with Gasteiger partial charge in [-0.3, -0.25) is 4.90 Å². The van der Waals surface area contributed by atoms with Crippen molar-refractivity contribution < 1.29 is 24.5 Å². The minimum Gasteiger partial charge on any atom is -0.497 e. The van der Waals surface area contributed by atoms with Crippen LogP contribution in [0.4, 0.5) is 16.2 Å². The van der Waals surface area contributed by atoms with Gasteiger partial charge in [0.2, 0.25) is 0 Å². The number of para-hydroxylation sites is 1. The Labute approximate surface area is 193 Å². The van der Waals surface area contributed by atoms with Gasteiger partial charge in [-0.1, -0.05) is 18.2 Å². The fourth-order valence-electron chi connectivity index (χ4n) is 4.56. The molecule has 2 amide bonds. The maximum Gasteiger partial charge on any atom is 0.319 e. The topological polar surface area (TPSA) is 107 Å². The minimum atomic E-state index is -0.824. The monoisotopic (exact) mass is 456 g/mol. The van der Waals surface area contributed by atoms with Gasteiger partial charge in [-0.05, 0) is 36.4 Å². The molecule has 2 saturated heterocycles. The molecule has 0 saturated carbocycles. The summed E-state index contributed by atoms with van der Waals surface area (Å²) in [7, 11) is 1.59. The molecular formula is C24H32N4O5. The summed E-state index contributed by atoms with van der Waals surface area (Å²) in [6, 6.07) is 16.6. The molecule has 2 aromatic rings. The van der Waals surface area contributed by atoms with Gasteiger partial charge in [0.05, 0.1) is 25.9 Å². The molecule has 2 aliphatic heterocycles. The fourth-order valence-corrected chi connectivity index (χ4v) is 4.56. The van der Waals surface area contributed by atoms with E-state index < -0.39 is 18.3 Å². The summed E-state index contributed by atoms with van der Waals surface area (Å²) < 4.78 is 11.0. The van der Waals surface area contributed by atoms with Crippen molar-refractivity contribution in [2.24, 2.45) is 0 Å². The predicted octanol–water partition coefficient (Wildman–Crippen LogP) is 1.13. The van der Waals surface area contributed by atoms with Crippen LogP contribution in [-0.4, -0.2) is 91.9 Å². The zero-order valence-corrected chi connectivity index (χ0v) is 18.8. The van der Waals surface area contributed by atoms with Crippen molar-refractivity contribution in [3.63, 3.8) is 0 Å². The standard InChI is InChI=1S/C24H32N4O5/c1-32-19-9-7-17(8-10-19)26-24(31)25-15-20-22(23(30)21(16-29)33-20)28-13-11-27(12-14-28)18-5-3-2-4-6-18/h2-10,20-23,29-30H,11-16H2,1H3,(H2,25,26,31)/t20-,21+,22-,23-/m1/s1. The number of urea groups is 1. The van der Waals surface area contributed by atoms with Gasteiger partial charge in [0.1, 0.15) is 18.0 Å². The predicted molar refractivity (Wildman–Crippen MR) is 126 cm³/mol. The Morgan fingerprint density at radius 1 is 1.06 bits per heavy atom. The molecular weight excluding hydrogens is 424 g/mol. The SMILES string of the molecule is COc1ccc(NC(=O)NC[C@H]2O[C@@H](CO)[C@@H](O)[C@@H]2N2CCN(c3ccccc3)CC2)cc1. The molecule has 9 heteroatoms. The summed E-state index contributed by atoms with van der Waals surface area (Å²) in [6.45, 7) is 3.12. The number of carbonyl (C=O) groups excluding carboxylic acids is 1. The first-order valence-corrected chi connectivity index (χ1v) is 11.3. The Morgan fingerprint density at radius 2 is 1.76 bits per heavy atom. The maximum absolute atomic E-state index is 12.4. The molecule has 2 heterocycles. The van der Waals surface area contributed by atoms with E-state index in [0.29, 0.717) is 11.4 Å². The number of nitrogens with one attached hydrogen (secondary N) is 2. The number of amides is 2. The van der Waals surface area contributed by atoms with Crippen molar-refractivity contribution in [1.29, 1.82) is 0 Å². The Kier molecular flexibility index (Phi) is 7.66. The highest BCUT2D eigenvalue weighted by atomic mass is 16.5. The molecule has 2 aromatic carbocycles. The lowest BCUT2D eigenvalue weighted by Gasteiger charge is -2.41. The molecule has 2 aliphatic rings. The number of piperazine rings is 1. The molecule has 2 fully saturated rings. The number of anilines is 2. The van der Waals surface area contributed by atoms with Gasteiger partial charge in [0.15, 0.2) is 0 Å².